The first-order valence-electron chi connectivity index (χ1n) is 2.35. The molecule has 0 aliphatic rings. The average molecular weight is 132 g/mol. The topological polar surface area (TPSA) is 52.6 Å². The van der Waals surface area contributed by atoms with E-state index < -0.39 is 5.79 Å². The van der Waals surface area contributed by atoms with Crippen molar-refractivity contribution < 1.29 is 19.1 Å². The summed E-state index contributed by atoms with van der Waals surface area (Å²) < 4.78 is 8.67. The zero-order valence-corrected chi connectivity index (χ0v) is 5.29. The van der Waals surface area contributed by atoms with Gasteiger partial charge in [0, 0.05) is 13.8 Å². The standard InChI is InChI=1S/C5H8O4/c1-5(2,8-3-6)9-4-7/h3-4H,1-2H3. The van der Waals surface area contributed by atoms with Crippen molar-refractivity contribution in [3.8, 4) is 0 Å². The van der Waals surface area contributed by atoms with E-state index in [-0.39, 0.29) is 12.9 Å². The van der Waals surface area contributed by atoms with Gasteiger partial charge < -0.3 is 9.47 Å². The molecular formula is C5H8O4. The van der Waals surface area contributed by atoms with Crippen LogP contribution in [0.3, 0.4) is 0 Å². The summed E-state index contributed by atoms with van der Waals surface area (Å²) in [7, 11) is 0. The van der Waals surface area contributed by atoms with Crippen LogP contribution in [0.4, 0.5) is 0 Å². The van der Waals surface area contributed by atoms with Gasteiger partial charge in [0.1, 0.15) is 0 Å². The maximum absolute atomic E-state index is 9.68. The molecule has 0 saturated carbocycles. The fourth-order valence-corrected chi connectivity index (χ4v) is 0.260. The molecular weight excluding hydrogens is 124 g/mol. The summed E-state index contributed by atoms with van der Waals surface area (Å²) >= 11 is 0. The predicted molar refractivity (Wildman–Crippen MR) is 28.4 cm³/mol. The van der Waals surface area contributed by atoms with Crippen molar-refractivity contribution in [2.75, 3.05) is 0 Å². The Morgan fingerprint density at radius 1 is 1.11 bits per heavy atom. The number of carbonyl (C=O) groups is 2. The predicted octanol–water partition coefficient (Wildman–Crippen LogP) is 0.0685. The lowest BCUT2D eigenvalue weighted by atomic mass is 10.4. The van der Waals surface area contributed by atoms with Gasteiger partial charge in [-0.2, -0.15) is 0 Å². The first kappa shape index (κ1) is 7.94. The van der Waals surface area contributed by atoms with E-state index in [1.165, 1.54) is 13.8 Å². The molecule has 0 aromatic carbocycles. The molecule has 0 bridgehead atoms. The van der Waals surface area contributed by atoms with Crippen molar-refractivity contribution >= 4 is 12.9 Å². The van der Waals surface area contributed by atoms with Gasteiger partial charge in [0.25, 0.3) is 18.7 Å². The van der Waals surface area contributed by atoms with Crippen LogP contribution in [-0.4, -0.2) is 18.7 Å². The smallest absolute Gasteiger partial charge is 0.296 e. The van der Waals surface area contributed by atoms with Crippen molar-refractivity contribution in [2.45, 2.75) is 19.6 Å². The Kier molecular flexibility index (Phi) is 2.70. The highest BCUT2D eigenvalue weighted by Gasteiger charge is 2.18. The van der Waals surface area contributed by atoms with Crippen LogP contribution >= 0.6 is 0 Å². The van der Waals surface area contributed by atoms with Crippen LogP contribution in [0, 0.1) is 0 Å². The fraction of sp³-hybridized carbons (Fsp3) is 0.600. The molecule has 0 unspecified atom stereocenters. The molecule has 0 fully saturated rings. The Morgan fingerprint density at radius 3 is 1.67 bits per heavy atom. The van der Waals surface area contributed by atoms with Crippen molar-refractivity contribution in [1.29, 1.82) is 0 Å². The van der Waals surface area contributed by atoms with E-state index in [4.69, 9.17) is 0 Å². The van der Waals surface area contributed by atoms with Crippen LogP contribution < -0.4 is 0 Å². The molecule has 4 nitrogen and oxygen atoms in total. The molecule has 52 valence electrons. The van der Waals surface area contributed by atoms with E-state index in [9.17, 15) is 9.59 Å². The van der Waals surface area contributed by atoms with Gasteiger partial charge in [-0.1, -0.05) is 0 Å². The summed E-state index contributed by atoms with van der Waals surface area (Å²) in [5.74, 6) is -1.14. The van der Waals surface area contributed by atoms with Crippen LogP contribution in [-0.2, 0) is 19.1 Å². The SMILES string of the molecule is CC(C)(OC=O)OC=O. The van der Waals surface area contributed by atoms with E-state index in [0.717, 1.165) is 0 Å². The molecule has 0 aromatic heterocycles. The monoisotopic (exact) mass is 132 g/mol. The molecule has 0 rings (SSSR count). The van der Waals surface area contributed by atoms with Gasteiger partial charge in [-0.3, -0.25) is 9.59 Å². The molecule has 0 saturated heterocycles. The highest BCUT2D eigenvalue weighted by atomic mass is 16.7. The summed E-state index contributed by atoms with van der Waals surface area (Å²) in [6, 6.07) is 0. The van der Waals surface area contributed by atoms with E-state index in [2.05, 4.69) is 9.47 Å². The number of carbonyl (C=O) groups excluding carboxylic acids is 2. The van der Waals surface area contributed by atoms with Gasteiger partial charge in [-0.15, -0.1) is 0 Å². The third-order valence-corrected chi connectivity index (χ3v) is 0.664. The molecule has 0 aliphatic heterocycles. The van der Waals surface area contributed by atoms with Crippen molar-refractivity contribution in [3.63, 3.8) is 0 Å². The summed E-state index contributed by atoms with van der Waals surface area (Å²) in [6.07, 6.45) is 0. The van der Waals surface area contributed by atoms with Gasteiger partial charge in [0.15, 0.2) is 0 Å². The van der Waals surface area contributed by atoms with Gasteiger partial charge in [0.2, 0.25) is 0 Å². The van der Waals surface area contributed by atoms with E-state index in [1.54, 1.807) is 0 Å². The summed E-state index contributed by atoms with van der Waals surface area (Å²) in [4.78, 5) is 19.4. The lowest BCUT2D eigenvalue weighted by Gasteiger charge is -2.18. The molecule has 4 heteroatoms. The Hall–Kier alpha value is -1.06. The zero-order valence-electron chi connectivity index (χ0n) is 5.29. The molecule has 0 aromatic rings. The second kappa shape index (κ2) is 3.06. The number of hydrogen-bond acceptors (Lipinski definition) is 4. The van der Waals surface area contributed by atoms with Crippen LogP contribution in [0.25, 0.3) is 0 Å². The quantitative estimate of drug-likeness (QED) is 0.401. The zero-order chi connectivity index (χ0) is 7.33. The second-order valence-corrected chi connectivity index (χ2v) is 1.83. The van der Waals surface area contributed by atoms with Gasteiger partial charge in [0.05, 0.1) is 0 Å². The minimum atomic E-state index is -1.14. The molecule has 0 aliphatic carbocycles. The minimum absolute atomic E-state index is 0.226. The lowest BCUT2D eigenvalue weighted by Crippen LogP contribution is -2.26. The summed E-state index contributed by atoms with van der Waals surface area (Å²) in [6.45, 7) is 3.36. The molecule has 0 radical (unpaired) electrons. The molecule has 0 atom stereocenters. The van der Waals surface area contributed by atoms with Crippen molar-refractivity contribution in [3.05, 3.63) is 0 Å². The normalized spacial score (nSPS) is 10.0. The van der Waals surface area contributed by atoms with E-state index >= 15 is 0 Å². The molecule has 0 spiro atoms. The third-order valence-electron chi connectivity index (χ3n) is 0.664. The fourth-order valence-electron chi connectivity index (χ4n) is 0.260. The largest absolute Gasteiger partial charge is 0.425 e. The molecule has 0 heterocycles. The highest BCUT2D eigenvalue weighted by Crippen LogP contribution is 2.06. The van der Waals surface area contributed by atoms with Gasteiger partial charge >= 0.3 is 0 Å². The Labute approximate surface area is 52.7 Å². The van der Waals surface area contributed by atoms with Crippen molar-refractivity contribution in [2.24, 2.45) is 0 Å². The van der Waals surface area contributed by atoms with E-state index in [1.807, 2.05) is 0 Å². The van der Waals surface area contributed by atoms with E-state index in [0.29, 0.717) is 0 Å². The minimum Gasteiger partial charge on any atom is -0.425 e. The summed E-state index contributed by atoms with van der Waals surface area (Å²) in [5, 5.41) is 0. The lowest BCUT2D eigenvalue weighted by molar-refractivity contribution is -0.197. The van der Waals surface area contributed by atoms with Crippen LogP contribution in [0.2, 0.25) is 0 Å². The Morgan fingerprint density at radius 2 is 1.44 bits per heavy atom. The first-order chi connectivity index (χ1) is 4.12. The maximum Gasteiger partial charge on any atom is 0.296 e. The average Bonchev–Trinajstić information content (AvgIpc) is 1.64. The maximum atomic E-state index is 9.68. The number of rotatable bonds is 4. The molecule has 0 N–H and O–H groups in total. The van der Waals surface area contributed by atoms with Crippen LogP contribution in [0.5, 0.6) is 0 Å². The highest BCUT2D eigenvalue weighted by molar-refractivity contribution is 5.40. The van der Waals surface area contributed by atoms with Gasteiger partial charge in [-0.25, -0.2) is 0 Å². The third kappa shape index (κ3) is 3.52. The van der Waals surface area contributed by atoms with Crippen LogP contribution in [0.1, 0.15) is 13.8 Å². The summed E-state index contributed by atoms with van der Waals surface area (Å²) in [5.41, 5.74) is 0. The Balaban J connectivity index is 3.68. The first-order valence-corrected chi connectivity index (χ1v) is 2.35. The second-order valence-electron chi connectivity index (χ2n) is 1.83. The van der Waals surface area contributed by atoms with Gasteiger partial charge in [-0.05, 0) is 0 Å². The van der Waals surface area contributed by atoms with Crippen molar-refractivity contribution in [1.82, 2.24) is 0 Å². The van der Waals surface area contributed by atoms with Crippen LogP contribution in [0.15, 0.2) is 0 Å². The Bertz CT molecular complexity index is 95.5. The number of ether oxygens (including phenoxy) is 2. The number of hydrogen-bond donors (Lipinski definition) is 0. The molecule has 0 amide bonds. The molecule has 9 heavy (non-hydrogen) atoms.